The van der Waals surface area contributed by atoms with Crippen molar-refractivity contribution in [2.75, 3.05) is 20.2 Å². The molecule has 0 aromatic carbocycles. The number of carbonyl (C=O) groups excluding carboxylic acids is 3. The highest BCUT2D eigenvalue weighted by Crippen LogP contribution is 2.71. The van der Waals surface area contributed by atoms with Crippen LogP contribution in [0.4, 0.5) is 0 Å². The summed E-state index contributed by atoms with van der Waals surface area (Å²) < 4.78 is -0.936. The molecule has 8 heteroatoms. The van der Waals surface area contributed by atoms with Crippen LogP contribution in [0.2, 0.25) is 0 Å². The Kier molecular flexibility index (Phi) is 6.53. The molecule has 0 aromatic rings. The number of amides is 3. The second-order valence-corrected chi connectivity index (χ2v) is 10.7. The number of carbonyl (C=O) groups is 3. The molecule has 3 saturated heterocycles. The van der Waals surface area contributed by atoms with Crippen LogP contribution >= 0.6 is 11.8 Å². The number of aliphatic hydroxyl groups excluding tert-OH is 1. The number of hydrogen-bond donors (Lipinski definition) is 3. The third-order valence-corrected chi connectivity index (χ3v) is 9.13. The van der Waals surface area contributed by atoms with Gasteiger partial charge in [0.1, 0.15) is 6.04 Å². The van der Waals surface area contributed by atoms with Gasteiger partial charge in [-0.15, -0.1) is 11.8 Å². The number of nitrogens with zero attached hydrogens (tertiary/aromatic N) is 1. The van der Waals surface area contributed by atoms with E-state index in [1.165, 1.54) is 0 Å². The molecule has 0 aliphatic carbocycles. The molecule has 0 radical (unpaired) electrons. The molecule has 29 heavy (non-hydrogen) atoms. The standard InChI is InChI=1S/C21H35N3O4S/c1-5-7-8-11-23-18(27)16-21-10-9-20(3,29-21)14(17(26)22-4)15(21)19(28)24(16)13(6-2)12-25/h13-16,25H,5-12H2,1-4H3,(H,22,26)(H,23,27)/t13-,14+,15-,16?,20-,21?/m0/s1. The summed E-state index contributed by atoms with van der Waals surface area (Å²) in [6.07, 6.45) is 5.13. The molecule has 3 amide bonds. The smallest absolute Gasteiger partial charge is 0.244 e. The lowest BCUT2D eigenvalue weighted by molar-refractivity contribution is -0.143. The van der Waals surface area contributed by atoms with Crippen LogP contribution in [0.5, 0.6) is 0 Å². The van der Waals surface area contributed by atoms with E-state index in [9.17, 15) is 19.5 Å². The highest BCUT2D eigenvalue weighted by atomic mass is 32.2. The van der Waals surface area contributed by atoms with Crippen LogP contribution in [0.15, 0.2) is 0 Å². The number of thioether (sulfide) groups is 1. The monoisotopic (exact) mass is 425 g/mol. The van der Waals surface area contributed by atoms with E-state index < -0.39 is 28.7 Å². The van der Waals surface area contributed by atoms with Crippen molar-refractivity contribution in [2.45, 2.75) is 80.9 Å². The number of aliphatic hydroxyl groups is 1. The van der Waals surface area contributed by atoms with E-state index in [1.807, 2.05) is 6.92 Å². The van der Waals surface area contributed by atoms with Gasteiger partial charge >= 0.3 is 0 Å². The highest BCUT2D eigenvalue weighted by Gasteiger charge is 2.77. The van der Waals surface area contributed by atoms with Crippen molar-refractivity contribution in [3.05, 3.63) is 0 Å². The highest BCUT2D eigenvalue weighted by molar-refractivity contribution is 8.02. The number of unbranched alkanes of at least 4 members (excludes halogenated alkanes) is 2. The van der Waals surface area contributed by atoms with Gasteiger partial charge in [-0.2, -0.15) is 0 Å². The minimum absolute atomic E-state index is 0.124. The minimum Gasteiger partial charge on any atom is -0.394 e. The fourth-order valence-electron chi connectivity index (χ4n) is 5.71. The van der Waals surface area contributed by atoms with Crippen molar-refractivity contribution in [1.29, 1.82) is 0 Å². The maximum atomic E-state index is 13.6. The lowest BCUT2D eigenvalue weighted by Gasteiger charge is -2.36. The van der Waals surface area contributed by atoms with Crippen LogP contribution in [0, 0.1) is 11.8 Å². The molecule has 3 fully saturated rings. The van der Waals surface area contributed by atoms with Gasteiger partial charge in [-0.05, 0) is 32.6 Å². The molecule has 3 aliphatic heterocycles. The molecular weight excluding hydrogens is 390 g/mol. The zero-order valence-electron chi connectivity index (χ0n) is 18.0. The van der Waals surface area contributed by atoms with Crippen LogP contribution in [0.1, 0.15) is 59.3 Å². The fourth-order valence-corrected chi connectivity index (χ4v) is 8.05. The molecule has 3 N–H and O–H groups in total. The van der Waals surface area contributed by atoms with Gasteiger partial charge in [-0.3, -0.25) is 14.4 Å². The molecule has 7 nitrogen and oxygen atoms in total. The molecule has 1 spiro atoms. The van der Waals surface area contributed by atoms with E-state index >= 15 is 0 Å². The van der Waals surface area contributed by atoms with E-state index in [0.29, 0.717) is 13.0 Å². The van der Waals surface area contributed by atoms with Crippen LogP contribution in [-0.2, 0) is 14.4 Å². The van der Waals surface area contributed by atoms with Crippen molar-refractivity contribution in [3.63, 3.8) is 0 Å². The van der Waals surface area contributed by atoms with E-state index in [2.05, 4.69) is 24.5 Å². The molecule has 2 unspecified atom stereocenters. The van der Waals surface area contributed by atoms with E-state index in [4.69, 9.17) is 0 Å². The molecule has 2 bridgehead atoms. The van der Waals surface area contributed by atoms with Gasteiger partial charge in [-0.25, -0.2) is 0 Å². The van der Waals surface area contributed by atoms with Gasteiger partial charge < -0.3 is 20.6 Å². The second kappa shape index (κ2) is 8.46. The molecule has 0 aromatic heterocycles. The Morgan fingerprint density at radius 1 is 1.28 bits per heavy atom. The number of hydrogen-bond acceptors (Lipinski definition) is 5. The van der Waals surface area contributed by atoms with Crippen molar-refractivity contribution >= 4 is 29.5 Å². The maximum absolute atomic E-state index is 13.6. The van der Waals surface area contributed by atoms with E-state index in [0.717, 1.165) is 32.1 Å². The third kappa shape index (κ3) is 3.36. The normalized spacial score (nSPS) is 36.2. The minimum atomic E-state index is -0.639. The van der Waals surface area contributed by atoms with Crippen molar-refractivity contribution in [3.8, 4) is 0 Å². The molecule has 3 aliphatic rings. The summed E-state index contributed by atoms with van der Waals surface area (Å²) in [5, 5.41) is 15.7. The summed E-state index contributed by atoms with van der Waals surface area (Å²) in [7, 11) is 1.60. The first kappa shape index (κ1) is 22.4. The van der Waals surface area contributed by atoms with Gasteiger partial charge in [0.05, 0.1) is 29.2 Å². The van der Waals surface area contributed by atoms with Gasteiger partial charge in [0.2, 0.25) is 17.7 Å². The molecule has 0 saturated carbocycles. The van der Waals surface area contributed by atoms with Crippen LogP contribution in [0.25, 0.3) is 0 Å². The lowest BCUT2D eigenvalue weighted by Crippen LogP contribution is -2.56. The second-order valence-electron chi connectivity index (χ2n) is 8.83. The summed E-state index contributed by atoms with van der Waals surface area (Å²) in [6, 6.07) is -1.05. The maximum Gasteiger partial charge on any atom is 0.244 e. The fraction of sp³-hybridized carbons (Fsp3) is 0.857. The Labute approximate surface area is 177 Å². The predicted molar refractivity (Wildman–Crippen MR) is 113 cm³/mol. The topological polar surface area (TPSA) is 98.7 Å². The Hall–Kier alpha value is -1.28. The average Bonchev–Trinajstić information content (AvgIpc) is 3.27. The van der Waals surface area contributed by atoms with Crippen LogP contribution in [-0.4, -0.2) is 69.5 Å². The Balaban J connectivity index is 1.98. The van der Waals surface area contributed by atoms with Gasteiger partial charge in [0.15, 0.2) is 0 Å². The van der Waals surface area contributed by atoms with Crippen molar-refractivity contribution < 1.29 is 19.5 Å². The van der Waals surface area contributed by atoms with Gasteiger partial charge in [-0.1, -0.05) is 26.7 Å². The third-order valence-electron chi connectivity index (χ3n) is 7.15. The summed E-state index contributed by atoms with van der Waals surface area (Å²) in [5.41, 5.74) is 0. The van der Waals surface area contributed by atoms with Crippen LogP contribution < -0.4 is 10.6 Å². The first-order valence-corrected chi connectivity index (χ1v) is 11.8. The first-order valence-electron chi connectivity index (χ1n) is 10.9. The molecule has 164 valence electrons. The molecule has 3 rings (SSSR count). The van der Waals surface area contributed by atoms with E-state index in [-0.39, 0.29) is 29.1 Å². The lowest BCUT2D eigenvalue weighted by atomic mass is 9.66. The summed E-state index contributed by atoms with van der Waals surface area (Å²) in [5.74, 6) is -1.38. The number of likely N-dealkylation sites (tertiary alicyclic amines) is 1. The van der Waals surface area contributed by atoms with Crippen molar-refractivity contribution in [1.82, 2.24) is 15.5 Å². The van der Waals surface area contributed by atoms with Gasteiger partial charge in [0, 0.05) is 18.3 Å². The predicted octanol–water partition coefficient (Wildman–Crippen LogP) is 1.29. The Morgan fingerprint density at radius 3 is 2.59 bits per heavy atom. The summed E-state index contributed by atoms with van der Waals surface area (Å²) in [6.45, 7) is 6.49. The first-order chi connectivity index (χ1) is 13.8. The largest absolute Gasteiger partial charge is 0.394 e. The average molecular weight is 426 g/mol. The van der Waals surface area contributed by atoms with Crippen molar-refractivity contribution in [2.24, 2.45) is 11.8 Å². The zero-order chi connectivity index (χ0) is 21.4. The number of fused-ring (bicyclic) bond motifs is 1. The summed E-state index contributed by atoms with van der Waals surface area (Å²) >= 11 is 1.66. The number of rotatable bonds is 9. The molecule has 3 heterocycles. The van der Waals surface area contributed by atoms with Crippen LogP contribution in [0.3, 0.4) is 0 Å². The number of nitrogens with one attached hydrogen (secondary N) is 2. The van der Waals surface area contributed by atoms with E-state index in [1.54, 1.807) is 23.7 Å². The SMILES string of the molecule is CCCCCNC(=O)C1N([C@@H](CC)CO)C(=O)[C@@H]2[C@H](C(=O)NC)[C@]3(C)CCC12S3. The Morgan fingerprint density at radius 2 is 2.00 bits per heavy atom. The Bertz CT molecular complexity index is 670. The quantitative estimate of drug-likeness (QED) is 0.484. The summed E-state index contributed by atoms with van der Waals surface area (Å²) in [4.78, 5) is 41.4. The molecular formula is C21H35N3O4S. The van der Waals surface area contributed by atoms with Gasteiger partial charge in [0.25, 0.3) is 0 Å². The zero-order valence-corrected chi connectivity index (χ0v) is 18.8. The molecule has 6 atom stereocenters.